The molecule has 2 aromatic carbocycles. The number of nitrogens with two attached hydrogens (primary N) is 1. The number of nitrogens with zero attached hydrogens (tertiary/aromatic N) is 1. The maximum atomic E-state index is 13.2. The molecule has 0 spiro atoms. The van der Waals surface area contributed by atoms with E-state index in [9.17, 15) is 14.0 Å². The predicted molar refractivity (Wildman–Crippen MR) is 99.8 cm³/mol. The molecule has 1 aliphatic rings. The van der Waals surface area contributed by atoms with Crippen molar-refractivity contribution in [3.8, 4) is 0 Å². The monoisotopic (exact) mass is 355 g/mol. The number of aryl methyl sites for hydroxylation is 1. The largest absolute Gasteiger partial charge is 0.370 e. The summed E-state index contributed by atoms with van der Waals surface area (Å²) in [7, 11) is 0. The topological polar surface area (TPSA) is 75.4 Å². The van der Waals surface area contributed by atoms with Crippen molar-refractivity contribution in [2.24, 2.45) is 5.73 Å². The summed E-state index contributed by atoms with van der Waals surface area (Å²) in [6, 6.07) is 11.4. The third-order valence-electron chi connectivity index (χ3n) is 4.53. The van der Waals surface area contributed by atoms with Gasteiger partial charge >= 0.3 is 0 Å². The first-order valence-corrected chi connectivity index (χ1v) is 8.76. The third kappa shape index (κ3) is 4.39. The van der Waals surface area contributed by atoms with Gasteiger partial charge in [-0.3, -0.25) is 9.59 Å². The second kappa shape index (κ2) is 7.99. The Labute approximate surface area is 152 Å². The van der Waals surface area contributed by atoms with E-state index in [0.717, 1.165) is 37.2 Å². The number of hydrogen-bond donors (Lipinski definition) is 2. The van der Waals surface area contributed by atoms with E-state index < -0.39 is 5.91 Å². The highest BCUT2D eigenvalue weighted by Crippen LogP contribution is 2.30. The van der Waals surface area contributed by atoms with Gasteiger partial charge in [0.05, 0.1) is 11.4 Å². The van der Waals surface area contributed by atoms with E-state index in [0.29, 0.717) is 17.7 Å². The van der Waals surface area contributed by atoms with E-state index in [1.165, 1.54) is 12.1 Å². The molecule has 6 heteroatoms. The zero-order valence-corrected chi connectivity index (χ0v) is 14.5. The summed E-state index contributed by atoms with van der Waals surface area (Å²) in [5, 5.41) is 2.89. The SMILES string of the molecule is NC(=O)c1ccc(N2CCCC2)c(NC(=O)CCc2cccc(F)c2)c1. The van der Waals surface area contributed by atoms with Gasteiger partial charge in [-0.15, -0.1) is 0 Å². The van der Waals surface area contributed by atoms with Crippen LogP contribution in [0.1, 0.15) is 35.2 Å². The lowest BCUT2D eigenvalue weighted by Crippen LogP contribution is -2.22. The first kappa shape index (κ1) is 17.9. The average Bonchev–Trinajstić information content (AvgIpc) is 3.14. The second-order valence-corrected chi connectivity index (χ2v) is 6.47. The molecular formula is C20H22FN3O2. The Morgan fingerprint density at radius 2 is 1.88 bits per heavy atom. The highest BCUT2D eigenvalue weighted by atomic mass is 19.1. The van der Waals surface area contributed by atoms with Gasteiger partial charge in [-0.25, -0.2) is 4.39 Å². The lowest BCUT2D eigenvalue weighted by molar-refractivity contribution is -0.116. The Morgan fingerprint density at radius 1 is 1.12 bits per heavy atom. The number of nitrogens with one attached hydrogen (secondary N) is 1. The molecule has 1 fully saturated rings. The summed E-state index contributed by atoms with van der Waals surface area (Å²) < 4.78 is 13.2. The minimum absolute atomic E-state index is 0.184. The van der Waals surface area contributed by atoms with Gasteiger partial charge in [-0.2, -0.15) is 0 Å². The van der Waals surface area contributed by atoms with E-state index in [4.69, 9.17) is 5.73 Å². The first-order chi connectivity index (χ1) is 12.5. The van der Waals surface area contributed by atoms with Crippen LogP contribution >= 0.6 is 0 Å². The molecule has 0 radical (unpaired) electrons. The molecule has 0 atom stereocenters. The van der Waals surface area contributed by atoms with E-state index in [1.54, 1.807) is 24.3 Å². The molecule has 0 aliphatic carbocycles. The highest BCUT2D eigenvalue weighted by molar-refractivity contribution is 5.99. The lowest BCUT2D eigenvalue weighted by Gasteiger charge is -2.22. The van der Waals surface area contributed by atoms with Crippen LogP contribution in [-0.2, 0) is 11.2 Å². The number of carbonyl (C=O) groups is 2. The van der Waals surface area contributed by atoms with E-state index in [-0.39, 0.29) is 18.1 Å². The van der Waals surface area contributed by atoms with Crippen LogP contribution in [0.3, 0.4) is 0 Å². The maximum Gasteiger partial charge on any atom is 0.248 e. The van der Waals surface area contributed by atoms with Gasteiger partial charge in [0, 0.05) is 25.1 Å². The van der Waals surface area contributed by atoms with Gasteiger partial charge in [-0.1, -0.05) is 12.1 Å². The van der Waals surface area contributed by atoms with Crippen molar-refractivity contribution < 1.29 is 14.0 Å². The van der Waals surface area contributed by atoms with Crippen molar-refractivity contribution >= 4 is 23.2 Å². The molecular weight excluding hydrogens is 333 g/mol. The fraction of sp³-hybridized carbons (Fsp3) is 0.300. The Hall–Kier alpha value is -2.89. The smallest absolute Gasteiger partial charge is 0.248 e. The fourth-order valence-electron chi connectivity index (χ4n) is 3.19. The van der Waals surface area contributed by atoms with E-state index >= 15 is 0 Å². The number of carbonyl (C=O) groups excluding carboxylic acids is 2. The summed E-state index contributed by atoms with van der Waals surface area (Å²) in [6.07, 6.45) is 2.87. The van der Waals surface area contributed by atoms with Gasteiger partial charge in [0.25, 0.3) is 0 Å². The molecule has 1 saturated heterocycles. The van der Waals surface area contributed by atoms with Crippen LogP contribution in [0.15, 0.2) is 42.5 Å². The van der Waals surface area contributed by atoms with Crippen LogP contribution in [0.5, 0.6) is 0 Å². The minimum atomic E-state index is -0.534. The summed E-state index contributed by atoms with van der Waals surface area (Å²) in [5.74, 6) is -1.03. The first-order valence-electron chi connectivity index (χ1n) is 8.76. The molecule has 136 valence electrons. The quantitative estimate of drug-likeness (QED) is 0.836. The molecule has 3 N–H and O–H groups in total. The van der Waals surface area contributed by atoms with Gasteiger partial charge in [0.2, 0.25) is 11.8 Å². The summed E-state index contributed by atoms with van der Waals surface area (Å²) in [4.78, 5) is 26.0. The van der Waals surface area contributed by atoms with Crippen molar-refractivity contribution in [1.82, 2.24) is 0 Å². The summed E-state index contributed by atoms with van der Waals surface area (Å²) >= 11 is 0. The normalized spacial score (nSPS) is 13.7. The Balaban J connectivity index is 1.72. The average molecular weight is 355 g/mol. The zero-order valence-electron chi connectivity index (χ0n) is 14.5. The standard InChI is InChI=1S/C20H22FN3O2/c21-16-5-3-4-14(12-16)6-9-19(25)23-17-13-15(20(22)26)7-8-18(17)24-10-1-2-11-24/h3-5,7-8,12-13H,1-2,6,9-11H2,(H2,22,26)(H,23,25). The van der Waals surface area contributed by atoms with Crippen LogP contribution < -0.4 is 16.0 Å². The van der Waals surface area contributed by atoms with Crippen LogP contribution in [-0.4, -0.2) is 24.9 Å². The van der Waals surface area contributed by atoms with Crippen LogP contribution in [0, 0.1) is 5.82 Å². The molecule has 1 aliphatic heterocycles. The van der Waals surface area contributed by atoms with E-state index in [2.05, 4.69) is 10.2 Å². The van der Waals surface area contributed by atoms with Gasteiger partial charge in [0.1, 0.15) is 5.82 Å². The van der Waals surface area contributed by atoms with Gasteiger partial charge in [0.15, 0.2) is 0 Å². The van der Waals surface area contributed by atoms with E-state index in [1.807, 2.05) is 6.07 Å². The molecule has 2 amide bonds. The van der Waals surface area contributed by atoms with Crippen molar-refractivity contribution in [2.45, 2.75) is 25.7 Å². The summed E-state index contributed by atoms with van der Waals surface area (Å²) in [6.45, 7) is 1.84. The van der Waals surface area contributed by atoms with Crippen molar-refractivity contribution in [1.29, 1.82) is 0 Å². The Kier molecular flexibility index (Phi) is 5.51. The number of anilines is 2. The number of benzene rings is 2. The second-order valence-electron chi connectivity index (χ2n) is 6.47. The van der Waals surface area contributed by atoms with Crippen molar-refractivity contribution in [3.63, 3.8) is 0 Å². The van der Waals surface area contributed by atoms with Gasteiger partial charge in [-0.05, 0) is 55.2 Å². The molecule has 1 heterocycles. The van der Waals surface area contributed by atoms with Crippen LogP contribution in [0.4, 0.5) is 15.8 Å². The number of rotatable bonds is 6. The molecule has 0 saturated carbocycles. The highest BCUT2D eigenvalue weighted by Gasteiger charge is 2.18. The fourth-order valence-corrected chi connectivity index (χ4v) is 3.19. The molecule has 2 aromatic rings. The lowest BCUT2D eigenvalue weighted by atomic mass is 10.1. The number of primary amides is 1. The van der Waals surface area contributed by atoms with Crippen LogP contribution in [0.25, 0.3) is 0 Å². The molecule has 0 aromatic heterocycles. The molecule has 3 rings (SSSR count). The predicted octanol–water partition coefficient (Wildman–Crippen LogP) is 3.10. The third-order valence-corrected chi connectivity index (χ3v) is 4.53. The minimum Gasteiger partial charge on any atom is -0.370 e. The number of amides is 2. The van der Waals surface area contributed by atoms with Crippen LogP contribution in [0.2, 0.25) is 0 Å². The number of halogens is 1. The Morgan fingerprint density at radius 3 is 2.58 bits per heavy atom. The number of hydrogen-bond acceptors (Lipinski definition) is 3. The van der Waals surface area contributed by atoms with Crippen molar-refractivity contribution in [3.05, 3.63) is 59.4 Å². The maximum absolute atomic E-state index is 13.2. The Bertz CT molecular complexity index is 816. The summed E-state index contributed by atoms with van der Waals surface area (Å²) in [5.41, 5.74) is 7.97. The molecule has 5 nitrogen and oxygen atoms in total. The zero-order chi connectivity index (χ0) is 18.5. The van der Waals surface area contributed by atoms with Crippen molar-refractivity contribution in [2.75, 3.05) is 23.3 Å². The molecule has 0 unspecified atom stereocenters. The molecule has 26 heavy (non-hydrogen) atoms. The van der Waals surface area contributed by atoms with Gasteiger partial charge < -0.3 is 16.0 Å². The molecule has 0 bridgehead atoms.